The smallest absolute Gasteiger partial charge is 0.266 e. The van der Waals surface area contributed by atoms with E-state index in [0.29, 0.717) is 29.8 Å². The van der Waals surface area contributed by atoms with Crippen LogP contribution in [0, 0.1) is 13.8 Å². The quantitative estimate of drug-likeness (QED) is 0.297. The lowest BCUT2D eigenvalue weighted by molar-refractivity contribution is -0.122. The van der Waals surface area contributed by atoms with E-state index in [0.717, 1.165) is 34.0 Å². The van der Waals surface area contributed by atoms with E-state index in [1.165, 1.54) is 11.8 Å². The molecule has 0 bridgehead atoms. The second-order valence-electron chi connectivity index (χ2n) is 8.57. The van der Waals surface area contributed by atoms with Crippen molar-refractivity contribution in [3.05, 3.63) is 82.5 Å². The zero-order chi connectivity index (χ0) is 24.9. The van der Waals surface area contributed by atoms with Gasteiger partial charge in [-0.3, -0.25) is 9.69 Å². The maximum Gasteiger partial charge on any atom is 0.266 e. The van der Waals surface area contributed by atoms with Crippen LogP contribution in [-0.2, 0) is 9.53 Å². The number of amides is 1. The molecule has 35 heavy (non-hydrogen) atoms. The van der Waals surface area contributed by atoms with Gasteiger partial charge >= 0.3 is 0 Å². The minimum Gasteiger partial charge on any atom is -0.380 e. The molecule has 0 saturated carbocycles. The summed E-state index contributed by atoms with van der Waals surface area (Å²) < 4.78 is 7.75. The van der Waals surface area contributed by atoms with E-state index < -0.39 is 0 Å². The molecule has 1 aromatic heterocycles. The van der Waals surface area contributed by atoms with Gasteiger partial charge in [-0.15, -0.1) is 0 Å². The number of carbonyl (C=O) groups is 1. The highest BCUT2D eigenvalue weighted by molar-refractivity contribution is 8.18. The molecule has 0 N–H and O–H groups in total. The van der Waals surface area contributed by atoms with Gasteiger partial charge in [0.15, 0.2) is 5.17 Å². The van der Waals surface area contributed by atoms with Crippen molar-refractivity contribution in [1.29, 1.82) is 0 Å². The Morgan fingerprint density at radius 1 is 1.06 bits per heavy atom. The summed E-state index contributed by atoms with van der Waals surface area (Å²) in [6.07, 6.45) is 1.99. The number of ether oxygens (including phenoxy) is 1. The predicted octanol–water partition coefficient (Wildman–Crippen LogP) is 5.80. The van der Waals surface area contributed by atoms with Crippen LogP contribution < -0.4 is 4.90 Å². The molecule has 2 aromatic carbocycles. The summed E-state index contributed by atoms with van der Waals surface area (Å²) in [6.45, 7) is 7.70. The number of aromatic nitrogens is 1. The van der Waals surface area contributed by atoms with Crippen molar-refractivity contribution in [3.8, 4) is 5.69 Å². The molecule has 7 heteroatoms. The van der Waals surface area contributed by atoms with Gasteiger partial charge in [-0.1, -0.05) is 18.2 Å². The number of anilines is 1. The molecule has 1 amide bonds. The van der Waals surface area contributed by atoms with Crippen LogP contribution in [0.5, 0.6) is 0 Å². The highest BCUT2D eigenvalue weighted by atomic mass is 32.2. The molecular weight excluding hydrogens is 456 g/mol. The Morgan fingerprint density at radius 2 is 1.77 bits per heavy atom. The van der Waals surface area contributed by atoms with Crippen molar-refractivity contribution >= 4 is 40.3 Å². The molecule has 0 atom stereocenters. The fraction of sp³-hybridized carbons (Fsp3) is 0.286. The Balaban J connectivity index is 1.66. The van der Waals surface area contributed by atoms with Crippen LogP contribution in [0.3, 0.4) is 0 Å². The van der Waals surface area contributed by atoms with Crippen LogP contribution in [0.1, 0.15) is 23.9 Å². The van der Waals surface area contributed by atoms with Crippen molar-refractivity contribution in [2.45, 2.75) is 20.8 Å². The normalized spacial score (nSPS) is 16.0. The molecular formula is C28H32N4O2S. The lowest BCUT2D eigenvalue weighted by Gasteiger charge is -2.15. The first kappa shape index (κ1) is 24.8. The van der Waals surface area contributed by atoms with Crippen LogP contribution in [0.25, 0.3) is 11.8 Å². The van der Waals surface area contributed by atoms with Crippen molar-refractivity contribution in [3.63, 3.8) is 0 Å². The standard InChI is InChI=1S/C28H32N4O2S/c1-6-34-17-16-31-27(33)26(35-28(31)29-23-10-8-7-9-11-23)19-22-18-20(2)32(21(22)3)25-14-12-24(13-15-25)30(4)5/h7-15,18-19H,6,16-17H2,1-5H3/b26-19-,29-28?. The van der Waals surface area contributed by atoms with Crippen LogP contribution in [0.15, 0.2) is 70.6 Å². The van der Waals surface area contributed by atoms with E-state index in [-0.39, 0.29) is 5.91 Å². The predicted molar refractivity (Wildman–Crippen MR) is 147 cm³/mol. The Bertz CT molecular complexity index is 1240. The summed E-state index contributed by atoms with van der Waals surface area (Å²) in [7, 11) is 4.07. The van der Waals surface area contributed by atoms with Crippen molar-refractivity contribution < 1.29 is 9.53 Å². The summed E-state index contributed by atoms with van der Waals surface area (Å²) in [5.41, 5.74) is 6.32. The zero-order valence-electron chi connectivity index (χ0n) is 21.0. The maximum atomic E-state index is 13.4. The lowest BCUT2D eigenvalue weighted by Crippen LogP contribution is -2.32. The summed E-state index contributed by atoms with van der Waals surface area (Å²) in [4.78, 5) is 22.6. The molecule has 2 heterocycles. The third-order valence-electron chi connectivity index (χ3n) is 5.91. The second kappa shape index (κ2) is 11.0. The summed E-state index contributed by atoms with van der Waals surface area (Å²) in [5, 5.41) is 0.681. The number of para-hydroxylation sites is 1. The van der Waals surface area contributed by atoms with E-state index in [1.807, 2.05) is 57.4 Å². The fourth-order valence-corrected chi connectivity index (χ4v) is 5.09. The number of carbonyl (C=O) groups excluding carboxylic acids is 1. The van der Waals surface area contributed by atoms with Crippen molar-refractivity contribution in [2.75, 3.05) is 38.8 Å². The largest absolute Gasteiger partial charge is 0.380 e. The third kappa shape index (κ3) is 5.52. The topological polar surface area (TPSA) is 50.1 Å². The summed E-state index contributed by atoms with van der Waals surface area (Å²) in [5.74, 6) is -0.0375. The summed E-state index contributed by atoms with van der Waals surface area (Å²) in [6, 6.07) is 20.3. The molecule has 182 valence electrons. The van der Waals surface area contributed by atoms with Crippen LogP contribution >= 0.6 is 11.8 Å². The third-order valence-corrected chi connectivity index (χ3v) is 6.92. The number of thioether (sulfide) groups is 1. The Kier molecular flexibility index (Phi) is 7.78. The van der Waals surface area contributed by atoms with E-state index in [4.69, 9.17) is 9.73 Å². The van der Waals surface area contributed by atoms with Gasteiger partial charge in [0.25, 0.3) is 5.91 Å². The van der Waals surface area contributed by atoms with E-state index in [2.05, 4.69) is 53.6 Å². The molecule has 1 aliphatic heterocycles. The Hall–Kier alpha value is -3.29. The number of aryl methyl sites for hydroxylation is 1. The molecule has 0 spiro atoms. The van der Waals surface area contributed by atoms with Crippen LogP contribution in [0.4, 0.5) is 11.4 Å². The van der Waals surface area contributed by atoms with Gasteiger partial charge in [0, 0.05) is 43.5 Å². The lowest BCUT2D eigenvalue weighted by atomic mass is 10.2. The highest BCUT2D eigenvalue weighted by Gasteiger charge is 2.33. The molecule has 3 aromatic rings. The van der Waals surface area contributed by atoms with Crippen molar-refractivity contribution in [2.24, 2.45) is 4.99 Å². The molecule has 0 aliphatic carbocycles. The van der Waals surface area contributed by atoms with Gasteiger partial charge in [0.1, 0.15) is 0 Å². The first-order chi connectivity index (χ1) is 16.9. The first-order valence-electron chi connectivity index (χ1n) is 11.8. The molecule has 4 rings (SSSR count). The zero-order valence-corrected chi connectivity index (χ0v) is 21.8. The number of nitrogens with zero attached hydrogens (tertiary/aromatic N) is 4. The van der Waals surface area contributed by atoms with Gasteiger partial charge in [0.2, 0.25) is 0 Å². The SMILES string of the molecule is CCOCCN1C(=O)/C(=C/c2cc(C)n(-c3ccc(N(C)C)cc3)c2C)SC1=Nc1ccccc1. The van der Waals surface area contributed by atoms with Crippen LogP contribution in [0.2, 0.25) is 0 Å². The molecule has 6 nitrogen and oxygen atoms in total. The average molecular weight is 489 g/mol. The van der Waals surface area contributed by atoms with E-state index in [9.17, 15) is 4.79 Å². The molecule has 1 aliphatic rings. The van der Waals surface area contributed by atoms with Gasteiger partial charge in [-0.25, -0.2) is 4.99 Å². The summed E-state index contributed by atoms with van der Waals surface area (Å²) >= 11 is 1.42. The Morgan fingerprint density at radius 3 is 2.43 bits per heavy atom. The number of aliphatic imine (C=N–C) groups is 1. The van der Waals surface area contributed by atoms with Crippen molar-refractivity contribution in [1.82, 2.24) is 9.47 Å². The molecule has 1 saturated heterocycles. The fourth-order valence-electron chi connectivity index (χ4n) is 4.07. The van der Waals surface area contributed by atoms with Gasteiger partial charge < -0.3 is 14.2 Å². The monoisotopic (exact) mass is 488 g/mol. The molecule has 0 radical (unpaired) electrons. The first-order valence-corrected chi connectivity index (χ1v) is 12.6. The van der Waals surface area contributed by atoms with Crippen LogP contribution in [-0.4, -0.2) is 54.4 Å². The Labute approximate surface area is 211 Å². The molecule has 1 fully saturated rings. The van der Waals surface area contributed by atoms with Gasteiger partial charge in [0.05, 0.1) is 23.7 Å². The number of rotatable bonds is 8. The van der Waals surface area contributed by atoms with Gasteiger partial charge in [-0.05, 0) is 86.6 Å². The minimum absolute atomic E-state index is 0.0375. The number of hydrogen-bond acceptors (Lipinski definition) is 5. The number of benzene rings is 2. The minimum atomic E-state index is -0.0375. The number of amidine groups is 1. The highest BCUT2D eigenvalue weighted by Crippen LogP contribution is 2.35. The molecule has 0 unspecified atom stereocenters. The van der Waals surface area contributed by atoms with E-state index >= 15 is 0 Å². The second-order valence-corrected chi connectivity index (χ2v) is 9.58. The number of hydrogen-bond donors (Lipinski definition) is 0. The van der Waals surface area contributed by atoms with Gasteiger partial charge in [-0.2, -0.15) is 0 Å². The van der Waals surface area contributed by atoms with E-state index in [1.54, 1.807) is 4.90 Å². The maximum absolute atomic E-state index is 13.4. The average Bonchev–Trinajstić information content (AvgIpc) is 3.29.